The maximum Gasteiger partial charge on any atom is 0.485 e. The van der Waals surface area contributed by atoms with E-state index in [2.05, 4.69) is 0 Å². The van der Waals surface area contributed by atoms with Crippen molar-refractivity contribution in [3.8, 4) is 0 Å². The van der Waals surface area contributed by atoms with Gasteiger partial charge in [-0.3, -0.25) is 0 Å². The first-order chi connectivity index (χ1) is 7.38. The molecule has 2 amide bonds. The van der Waals surface area contributed by atoms with Gasteiger partial charge in [-0.1, -0.05) is 30.3 Å². The molecule has 88 valence electrons. The Labute approximate surface area is 90.9 Å². The van der Waals surface area contributed by atoms with Crippen LogP contribution < -0.4 is 5.32 Å². The molecule has 0 radical (unpaired) electrons. The van der Waals surface area contributed by atoms with Gasteiger partial charge in [0.2, 0.25) is 0 Å². The molecule has 1 N–H and O–H groups in total. The molecule has 0 bridgehead atoms. The minimum atomic E-state index is -4.69. The van der Waals surface area contributed by atoms with E-state index in [0.29, 0.717) is 0 Å². The third kappa shape index (κ3) is 4.20. The Morgan fingerprint density at radius 1 is 1.31 bits per heavy atom. The minimum Gasteiger partial charge on any atom is -0.323 e. The van der Waals surface area contributed by atoms with Crippen LogP contribution in [0.25, 0.3) is 0 Å². The average molecular weight is 232 g/mol. The summed E-state index contributed by atoms with van der Waals surface area (Å²) in [4.78, 5) is 12.0. The topological polar surface area (TPSA) is 32.3 Å². The largest absolute Gasteiger partial charge is 0.485 e. The van der Waals surface area contributed by atoms with Crippen molar-refractivity contribution in [2.75, 3.05) is 7.05 Å². The van der Waals surface area contributed by atoms with Gasteiger partial charge in [0.15, 0.2) is 0 Å². The fraction of sp³-hybridized carbons (Fsp3) is 0.300. The smallest absolute Gasteiger partial charge is 0.323 e. The molecule has 0 saturated carbocycles. The van der Waals surface area contributed by atoms with Crippen LogP contribution in [0.4, 0.5) is 18.0 Å². The van der Waals surface area contributed by atoms with E-state index in [1.165, 1.54) is 7.05 Å². The summed E-state index contributed by atoms with van der Waals surface area (Å²) in [5, 5.41) is 0.926. The van der Waals surface area contributed by atoms with Crippen LogP contribution in [-0.4, -0.2) is 24.3 Å². The summed E-state index contributed by atoms with van der Waals surface area (Å²) < 4.78 is 35.5. The highest BCUT2D eigenvalue weighted by Crippen LogP contribution is 2.11. The first kappa shape index (κ1) is 12.4. The fourth-order valence-corrected chi connectivity index (χ4v) is 1.15. The lowest BCUT2D eigenvalue weighted by Gasteiger charge is -2.19. The summed E-state index contributed by atoms with van der Waals surface area (Å²) >= 11 is 0. The molecular formula is C10H11F3N2O. The van der Waals surface area contributed by atoms with Gasteiger partial charge in [-0.15, -0.1) is 0 Å². The van der Waals surface area contributed by atoms with Gasteiger partial charge in [-0.2, -0.15) is 13.2 Å². The lowest BCUT2D eigenvalue weighted by Crippen LogP contribution is -2.44. The molecule has 6 heteroatoms. The third-order valence-electron chi connectivity index (χ3n) is 1.86. The van der Waals surface area contributed by atoms with Crippen molar-refractivity contribution in [2.24, 2.45) is 0 Å². The van der Waals surface area contributed by atoms with E-state index >= 15 is 0 Å². The molecule has 0 saturated heterocycles. The number of benzene rings is 1. The highest BCUT2D eigenvalue weighted by molar-refractivity contribution is 5.74. The van der Waals surface area contributed by atoms with Gasteiger partial charge in [-0.25, -0.2) is 10.1 Å². The van der Waals surface area contributed by atoms with Crippen LogP contribution in [0.3, 0.4) is 0 Å². The predicted octanol–water partition coefficient (Wildman–Crippen LogP) is 2.35. The van der Waals surface area contributed by atoms with Gasteiger partial charge in [0, 0.05) is 13.6 Å². The maximum atomic E-state index is 11.8. The van der Waals surface area contributed by atoms with E-state index in [1.54, 1.807) is 30.3 Å². The monoisotopic (exact) mass is 232 g/mol. The normalized spacial score (nSPS) is 11.0. The summed E-state index contributed by atoms with van der Waals surface area (Å²) in [6, 6.07) is 7.60. The molecule has 1 rings (SSSR count). The Bertz CT molecular complexity index is 351. The van der Waals surface area contributed by atoms with E-state index < -0.39 is 12.3 Å². The summed E-state index contributed by atoms with van der Waals surface area (Å²) in [5.74, 6) is 0. The zero-order chi connectivity index (χ0) is 12.2. The van der Waals surface area contributed by atoms with Crippen LogP contribution in [0.5, 0.6) is 0 Å². The molecule has 0 aliphatic heterocycles. The highest BCUT2D eigenvalue weighted by atomic mass is 19.4. The molecule has 0 aromatic heterocycles. The van der Waals surface area contributed by atoms with E-state index in [-0.39, 0.29) is 6.54 Å². The number of nitrogens with zero attached hydrogens (tertiary/aromatic N) is 1. The van der Waals surface area contributed by atoms with Crippen LogP contribution in [0.1, 0.15) is 5.56 Å². The zero-order valence-corrected chi connectivity index (χ0v) is 8.58. The van der Waals surface area contributed by atoms with Crippen molar-refractivity contribution in [3.63, 3.8) is 0 Å². The second-order valence-corrected chi connectivity index (χ2v) is 3.27. The average Bonchev–Trinajstić information content (AvgIpc) is 2.16. The van der Waals surface area contributed by atoms with Gasteiger partial charge in [0.1, 0.15) is 0 Å². The van der Waals surface area contributed by atoms with Crippen LogP contribution in [-0.2, 0) is 6.54 Å². The standard InChI is InChI=1S/C10H11F3N2O/c1-15(9(16)14-10(11,12)13)7-8-5-3-2-4-6-8/h2-6H,7H2,1H3,(H,14,16). The van der Waals surface area contributed by atoms with Crippen LogP contribution in [0.15, 0.2) is 30.3 Å². The molecule has 1 aromatic carbocycles. The highest BCUT2D eigenvalue weighted by Gasteiger charge is 2.31. The molecule has 0 heterocycles. The SMILES string of the molecule is CN(Cc1ccccc1)C(=O)NC(F)(F)F. The van der Waals surface area contributed by atoms with Gasteiger partial charge in [0.05, 0.1) is 0 Å². The predicted molar refractivity (Wildman–Crippen MR) is 52.5 cm³/mol. The molecule has 0 aliphatic carbocycles. The Morgan fingerprint density at radius 3 is 2.38 bits per heavy atom. The Balaban J connectivity index is 2.53. The first-order valence-electron chi connectivity index (χ1n) is 4.52. The Hall–Kier alpha value is -1.72. The number of rotatable bonds is 2. The number of carbonyl (C=O) groups is 1. The van der Waals surface area contributed by atoms with Crippen molar-refractivity contribution in [2.45, 2.75) is 12.8 Å². The Kier molecular flexibility index (Phi) is 3.76. The molecule has 0 aliphatic rings. The summed E-state index contributed by atoms with van der Waals surface area (Å²) in [7, 11) is 1.30. The molecule has 1 aromatic rings. The number of carbonyl (C=O) groups excluding carboxylic acids is 1. The van der Waals surface area contributed by atoms with E-state index in [1.807, 2.05) is 0 Å². The maximum absolute atomic E-state index is 11.8. The van der Waals surface area contributed by atoms with Crippen molar-refractivity contribution in [1.29, 1.82) is 0 Å². The molecule has 0 fully saturated rings. The summed E-state index contributed by atoms with van der Waals surface area (Å²) in [5.41, 5.74) is 0.766. The quantitative estimate of drug-likeness (QED) is 0.780. The fourth-order valence-electron chi connectivity index (χ4n) is 1.15. The van der Waals surface area contributed by atoms with Crippen molar-refractivity contribution in [3.05, 3.63) is 35.9 Å². The van der Waals surface area contributed by atoms with Gasteiger partial charge < -0.3 is 4.90 Å². The number of halogens is 3. The number of urea groups is 1. The van der Waals surface area contributed by atoms with E-state index in [4.69, 9.17) is 0 Å². The minimum absolute atomic E-state index is 0.128. The number of hydrogen-bond acceptors (Lipinski definition) is 1. The van der Waals surface area contributed by atoms with Gasteiger partial charge in [0.25, 0.3) is 0 Å². The van der Waals surface area contributed by atoms with Crippen LogP contribution >= 0.6 is 0 Å². The zero-order valence-electron chi connectivity index (χ0n) is 8.58. The van der Waals surface area contributed by atoms with Gasteiger partial charge >= 0.3 is 12.3 Å². The second kappa shape index (κ2) is 4.87. The number of hydrogen-bond donors (Lipinski definition) is 1. The van der Waals surface area contributed by atoms with E-state index in [0.717, 1.165) is 15.8 Å². The molecule has 0 unspecified atom stereocenters. The lowest BCUT2D eigenvalue weighted by atomic mass is 10.2. The summed E-state index contributed by atoms with van der Waals surface area (Å²) in [6.07, 6.45) is -4.69. The number of amides is 2. The number of nitrogens with one attached hydrogen (secondary N) is 1. The first-order valence-corrected chi connectivity index (χ1v) is 4.52. The van der Waals surface area contributed by atoms with Gasteiger partial charge in [-0.05, 0) is 5.56 Å². The molecule has 3 nitrogen and oxygen atoms in total. The van der Waals surface area contributed by atoms with Crippen molar-refractivity contribution in [1.82, 2.24) is 10.2 Å². The second-order valence-electron chi connectivity index (χ2n) is 3.27. The molecule has 16 heavy (non-hydrogen) atoms. The molecule has 0 spiro atoms. The van der Waals surface area contributed by atoms with Crippen LogP contribution in [0.2, 0.25) is 0 Å². The molecular weight excluding hydrogens is 221 g/mol. The van der Waals surface area contributed by atoms with Crippen LogP contribution in [0, 0.1) is 0 Å². The lowest BCUT2D eigenvalue weighted by molar-refractivity contribution is -0.147. The van der Waals surface area contributed by atoms with E-state index in [9.17, 15) is 18.0 Å². The number of alkyl halides is 3. The van der Waals surface area contributed by atoms with Crippen molar-refractivity contribution >= 4 is 6.03 Å². The Morgan fingerprint density at radius 2 is 1.88 bits per heavy atom. The molecule has 0 atom stereocenters. The summed E-state index contributed by atoms with van der Waals surface area (Å²) in [6.45, 7) is 0.128. The third-order valence-corrected chi connectivity index (χ3v) is 1.86. The van der Waals surface area contributed by atoms with Crippen molar-refractivity contribution < 1.29 is 18.0 Å².